The van der Waals surface area contributed by atoms with Gasteiger partial charge in [0, 0.05) is 11.7 Å². The molecule has 0 saturated carbocycles. The van der Waals surface area contributed by atoms with Crippen LogP contribution in [0, 0.1) is 0 Å². The molecule has 8 heteroatoms. The van der Waals surface area contributed by atoms with Crippen LogP contribution in [0.15, 0.2) is 16.9 Å². The summed E-state index contributed by atoms with van der Waals surface area (Å²) in [5.41, 5.74) is -1.81. The first-order valence-corrected chi connectivity index (χ1v) is 6.82. The van der Waals surface area contributed by atoms with E-state index in [9.17, 15) is 13.2 Å². The van der Waals surface area contributed by atoms with Gasteiger partial charge in [0.25, 0.3) is 0 Å². The normalized spacial score (nSPS) is 21.3. The minimum Gasteiger partial charge on any atom is -0.399 e. The topological polar surface area (TPSA) is 31.4 Å². The van der Waals surface area contributed by atoms with Crippen LogP contribution in [0.5, 0.6) is 0 Å². The Hall–Kier alpha value is -0.595. The van der Waals surface area contributed by atoms with Gasteiger partial charge in [0.15, 0.2) is 0 Å². The Balaban J connectivity index is 2.37. The molecule has 0 aliphatic carbocycles. The van der Waals surface area contributed by atoms with Crippen LogP contribution in [0.4, 0.5) is 13.2 Å². The molecule has 3 nitrogen and oxygen atoms in total. The third-order valence-electron chi connectivity index (χ3n) is 3.69. The highest BCUT2D eigenvalue weighted by atomic mass is 79.9. The molecule has 0 bridgehead atoms. The summed E-state index contributed by atoms with van der Waals surface area (Å²) in [7, 11) is -0.860. The predicted molar refractivity (Wildman–Crippen MR) is 72.7 cm³/mol. The van der Waals surface area contributed by atoms with E-state index in [0.29, 0.717) is 0 Å². The number of hydrogen-bond donors (Lipinski definition) is 0. The maximum Gasteiger partial charge on any atom is 0.496 e. The maximum absolute atomic E-state index is 12.9. The number of rotatable bonds is 1. The highest BCUT2D eigenvalue weighted by molar-refractivity contribution is 9.10. The lowest BCUT2D eigenvalue weighted by Crippen LogP contribution is -2.41. The summed E-state index contributed by atoms with van der Waals surface area (Å²) in [5, 5.41) is 0. The average Bonchev–Trinajstić information content (AvgIpc) is 2.47. The molecule has 1 aliphatic rings. The van der Waals surface area contributed by atoms with Crippen LogP contribution in [0.25, 0.3) is 0 Å². The Bertz CT molecular complexity index is 518. The number of halogens is 4. The lowest BCUT2D eigenvalue weighted by atomic mass is 9.80. The Kier molecular flexibility index (Phi) is 3.72. The monoisotopic (exact) mass is 351 g/mol. The zero-order valence-electron chi connectivity index (χ0n) is 11.5. The van der Waals surface area contributed by atoms with E-state index >= 15 is 0 Å². The lowest BCUT2D eigenvalue weighted by molar-refractivity contribution is -0.138. The molecular weight excluding hydrogens is 338 g/mol. The highest BCUT2D eigenvalue weighted by Crippen LogP contribution is 2.37. The van der Waals surface area contributed by atoms with Gasteiger partial charge in [0.1, 0.15) is 4.60 Å². The molecule has 1 aliphatic heterocycles. The maximum atomic E-state index is 12.9. The number of alkyl halides is 3. The minimum atomic E-state index is -4.48. The van der Waals surface area contributed by atoms with Crippen LogP contribution in [-0.2, 0) is 15.5 Å². The van der Waals surface area contributed by atoms with Crippen molar-refractivity contribution in [2.45, 2.75) is 45.1 Å². The fraction of sp³-hybridized carbons (Fsp3) is 0.583. The van der Waals surface area contributed by atoms with E-state index in [1.54, 1.807) is 0 Å². The summed E-state index contributed by atoms with van der Waals surface area (Å²) in [6.07, 6.45) is -3.16. The van der Waals surface area contributed by atoms with Crippen molar-refractivity contribution in [2.24, 2.45) is 0 Å². The second-order valence-electron chi connectivity index (χ2n) is 5.69. The lowest BCUT2D eigenvalue weighted by Gasteiger charge is -2.32. The molecular formula is C12H14BBrF3NO2. The smallest absolute Gasteiger partial charge is 0.399 e. The molecule has 0 N–H and O–H groups in total. The van der Waals surface area contributed by atoms with Crippen molar-refractivity contribution >= 4 is 28.5 Å². The van der Waals surface area contributed by atoms with Crippen LogP contribution in [0.3, 0.4) is 0 Å². The molecule has 110 valence electrons. The van der Waals surface area contributed by atoms with Crippen LogP contribution in [-0.4, -0.2) is 23.3 Å². The Labute approximate surface area is 124 Å². The molecule has 0 radical (unpaired) electrons. The largest absolute Gasteiger partial charge is 0.496 e. The fourth-order valence-electron chi connectivity index (χ4n) is 1.77. The SMILES string of the molecule is CC1(C)OB(c2cnc(Br)c(C(F)(F)F)c2)OC1(C)C. The van der Waals surface area contributed by atoms with Crippen molar-refractivity contribution in [3.8, 4) is 0 Å². The third kappa shape index (κ3) is 2.73. The molecule has 0 unspecified atom stereocenters. The molecule has 0 atom stereocenters. The Morgan fingerprint density at radius 3 is 2.10 bits per heavy atom. The van der Waals surface area contributed by atoms with Gasteiger partial charge in [-0.1, -0.05) is 0 Å². The van der Waals surface area contributed by atoms with Crippen molar-refractivity contribution in [3.05, 3.63) is 22.4 Å². The van der Waals surface area contributed by atoms with E-state index in [1.807, 2.05) is 27.7 Å². The third-order valence-corrected chi connectivity index (χ3v) is 4.32. The second-order valence-corrected chi connectivity index (χ2v) is 6.44. The summed E-state index contributed by atoms with van der Waals surface area (Å²) in [6, 6.07) is 0.999. The van der Waals surface area contributed by atoms with Gasteiger partial charge in [-0.15, -0.1) is 0 Å². The molecule has 1 aromatic rings. The van der Waals surface area contributed by atoms with Crippen LogP contribution in [0.2, 0.25) is 0 Å². The summed E-state index contributed by atoms with van der Waals surface area (Å²) < 4.78 is 49.8. The van der Waals surface area contributed by atoms with Gasteiger partial charge in [-0.25, -0.2) is 4.98 Å². The zero-order valence-corrected chi connectivity index (χ0v) is 13.1. The van der Waals surface area contributed by atoms with Crippen LogP contribution >= 0.6 is 15.9 Å². The van der Waals surface area contributed by atoms with E-state index in [4.69, 9.17) is 9.31 Å². The quantitative estimate of drug-likeness (QED) is 0.575. The van der Waals surface area contributed by atoms with Crippen molar-refractivity contribution in [2.75, 3.05) is 0 Å². The van der Waals surface area contributed by atoms with Gasteiger partial charge in [-0.05, 0) is 49.7 Å². The molecule has 0 spiro atoms. The van der Waals surface area contributed by atoms with E-state index in [0.717, 1.165) is 6.07 Å². The Morgan fingerprint density at radius 1 is 1.15 bits per heavy atom. The van der Waals surface area contributed by atoms with Gasteiger partial charge < -0.3 is 9.31 Å². The molecule has 20 heavy (non-hydrogen) atoms. The standard InChI is InChI=1S/C12H14BBrF3NO2/c1-10(2)11(3,4)20-13(19-10)7-5-8(12(15,16)17)9(14)18-6-7/h5-6H,1-4H3. The molecule has 0 amide bonds. The summed E-state index contributed by atoms with van der Waals surface area (Å²) in [6.45, 7) is 7.35. The van der Waals surface area contributed by atoms with Crippen molar-refractivity contribution in [1.29, 1.82) is 0 Å². The predicted octanol–water partition coefficient (Wildman–Crippen LogP) is 3.16. The molecule has 2 rings (SSSR count). The molecule has 2 heterocycles. The van der Waals surface area contributed by atoms with Crippen LogP contribution in [0.1, 0.15) is 33.3 Å². The van der Waals surface area contributed by atoms with Crippen molar-refractivity contribution in [1.82, 2.24) is 4.98 Å². The first-order valence-electron chi connectivity index (χ1n) is 6.02. The van der Waals surface area contributed by atoms with E-state index in [2.05, 4.69) is 20.9 Å². The van der Waals surface area contributed by atoms with Gasteiger partial charge in [-0.2, -0.15) is 13.2 Å². The van der Waals surface area contributed by atoms with Gasteiger partial charge >= 0.3 is 13.3 Å². The number of pyridine rings is 1. The zero-order chi connectivity index (χ0) is 15.3. The van der Waals surface area contributed by atoms with E-state index in [-0.39, 0.29) is 10.1 Å². The number of aromatic nitrogens is 1. The molecule has 0 aromatic carbocycles. The minimum absolute atomic E-state index is 0.245. The van der Waals surface area contributed by atoms with E-state index in [1.165, 1.54) is 6.20 Å². The fourth-order valence-corrected chi connectivity index (χ4v) is 2.21. The van der Waals surface area contributed by atoms with Crippen molar-refractivity contribution < 1.29 is 22.5 Å². The first kappa shape index (κ1) is 15.8. The van der Waals surface area contributed by atoms with Gasteiger partial charge in [0.2, 0.25) is 0 Å². The number of nitrogens with zero attached hydrogens (tertiary/aromatic N) is 1. The Morgan fingerprint density at radius 2 is 1.65 bits per heavy atom. The number of hydrogen-bond acceptors (Lipinski definition) is 3. The second kappa shape index (κ2) is 4.71. The summed E-state index contributed by atoms with van der Waals surface area (Å²) in [4.78, 5) is 3.72. The van der Waals surface area contributed by atoms with Gasteiger partial charge in [-0.3, -0.25) is 0 Å². The van der Waals surface area contributed by atoms with Gasteiger partial charge in [0.05, 0.1) is 16.8 Å². The van der Waals surface area contributed by atoms with Crippen molar-refractivity contribution in [3.63, 3.8) is 0 Å². The molecule has 1 aromatic heterocycles. The van der Waals surface area contributed by atoms with Crippen LogP contribution < -0.4 is 5.46 Å². The molecule has 1 fully saturated rings. The van der Waals surface area contributed by atoms with E-state index < -0.39 is 30.1 Å². The average molecular weight is 352 g/mol. The summed E-state index contributed by atoms with van der Waals surface area (Å²) in [5.74, 6) is 0. The molecule has 1 saturated heterocycles. The highest BCUT2D eigenvalue weighted by Gasteiger charge is 2.52. The summed E-state index contributed by atoms with van der Waals surface area (Å²) >= 11 is 2.81. The first-order chi connectivity index (χ1) is 8.94.